The summed E-state index contributed by atoms with van der Waals surface area (Å²) >= 11 is 3.43. The molecule has 1 aromatic heterocycles. The van der Waals surface area contributed by atoms with Gasteiger partial charge in [0.15, 0.2) is 11.7 Å². The van der Waals surface area contributed by atoms with Gasteiger partial charge in [0.2, 0.25) is 5.91 Å². The number of halogens is 1. The Morgan fingerprint density at radius 2 is 2.21 bits per heavy atom. The first-order valence-corrected chi connectivity index (χ1v) is 9.13. The largest absolute Gasteiger partial charge is 0.440 e. The summed E-state index contributed by atoms with van der Waals surface area (Å²) in [6.07, 6.45) is 3.23. The molecule has 0 bridgehead atoms. The number of oxazole rings is 1. The van der Waals surface area contributed by atoms with Gasteiger partial charge in [-0.05, 0) is 38.4 Å². The van der Waals surface area contributed by atoms with Crippen LogP contribution in [0, 0.1) is 6.92 Å². The van der Waals surface area contributed by atoms with Gasteiger partial charge in [0.1, 0.15) is 0 Å². The monoisotopic (exact) mass is 391 g/mol. The van der Waals surface area contributed by atoms with E-state index in [9.17, 15) is 4.79 Å². The zero-order valence-electron chi connectivity index (χ0n) is 13.8. The number of hydrogen-bond donors (Lipinski definition) is 2. The zero-order chi connectivity index (χ0) is 16.9. The molecule has 3 rings (SSSR count). The Hall–Kier alpha value is -1.66. The van der Waals surface area contributed by atoms with Crippen molar-refractivity contribution in [2.75, 3.05) is 13.1 Å². The minimum atomic E-state index is 0.0461. The summed E-state index contributed by atoms with van der Waals surface area (Å²) in [5.74, 6) is 1.43. The maximum atomic E-state index is 12.0. The van der Waals surface area contributed by atoms with E-state index in [-0.39, 0.29) is 5.91 Å². The van der Waals surface area contributed by atoms with E-state index in [0.29, 0.717) is 31.3 Å². The smallest absolute Gasteiger partial charge is 0.220 e. The second-order valence-corrected chi connectivity index (χ2v) is 7.04. The fraction of sp³-hybridized carbons (Fsp3) is 0.444. The van der Waals surface area contributed by atoms with Crippen LogP contribution in [0.2, 0.25) is 0 Å². The highest BCUT2D eigenvalue weighted by Gasteiger charge is 2.16. The summed E-state index contributed by atoms with van der Waals surface area (Å²) in [6.45, 7) is 3.68. The third kappa shape index (κ3) is 4.45. The van der Waals surface area contributed by atoms with Crippen molar-refractivity contribution in [3.63, 3.8) is 0 Å². The van der Waals surface area contributed by atoms with Gasteiger partial charge in [0.25, 0.3) is 0 Å². The molecule has 5 nitrogen and oxygen atoms in total. The van der Waals surface area contributed by atoms with Crippen LogP contribution < -0.4 is 10.6 Å². The number of aryl methyl sites for hydroxylation is 2. The van der Waals surface area contributed by atoms with Crippen molar-refractivity contribution in [2.45, 2.75) is 38.6 Å². The average molecular weight is 392 g/mol. The lowest BCUT2D eigenvalue weighted by Crippen LogP contribution is -2.37. The highest BCUT2D eigenvalue weighted by Crippen LogP contribution is 2.26. The number of carbonyl (C=O) groups excluding carboxylic acids is 1. The quantitative estimate of drug-likeness (QED) is 0.792. The van der Waals surface area contributed by atoms with E-state index in [4.69, 9.17) is 4.42 Å². The fourth-order valence-corrected chi connectivity index (χ4v) is 3.17. The first-order chi connectivity index (χ1) is 11.6. The molecule has 0 spiro atoms. The number of benzene rings is 1. The Balaban J connectivity index is 1.53. The van der Waals surface area contributed by atoms with Gasteiger partial charge in [-0.1, -0.05) is 28.1 Å². The van der Waals surface area contributed by atoms with Crippen LogP contribution in [0.15, 0.2) is 33.2 Å². The van der Waals surface area contributed by atoms with Crippen LogP contribution in [-0.2, 0) is 11.2 Å². The maximum absolute atomic E-state index is 12.0. The van der Waals surface area contributed by atoms with Crippen molar-refractivity contribution in [2.24, 2.45) is 0 Å². The summed E-state index contributed by atoms with van der Waals surface area (Å²) in [5, 5.41) is 6.35. The molecular weight excluding hydrogens is 370 g/mol. The first kappa shape index (κ1) is 17.2. The van der Waals surface area contributed by atoms with Crippen molar-refractivity contribution >= 4 is 21.8 Å². The van der Waals surface area contributed by atoms with E-state index in [1.165, 1.54) is 6.42 Å². The molecule has 24 heavy (non-hydrogen) atoms. The predicted molar refractivity (Wildman–Crippen MR) is 96.7 cm³/mol. The molecule has 1 unspecified atom stereocenters. The third-order valence-electron chi connectivity index (χ3n) is 4.22. The average Bonchev–Trinajstić information content (AvgIpc) is 3.21. The molecule has 2 N–H and O–H groups in total. The Bertz CT molecular complexity index is 691. The highest BCUT2D eigenvalue weighted by molar-refractivity contribution is 9.10. The van der Waals surface area contributed by atoms with Gasteiger partial charge in [0.05, 0.1) is 5.69 Å². The van der Waals surface area contributed by atoms with Crippen LogP contribution in [-0.4, -0.2) is 30.0 Å². The van der Waals surface area contributed by atoms with E-state index in [1.807, 2.05) is 31.2 Å². The van der Waals surface area contributed by atoms with Crippen LogP contribution >= 0.6 is 15.9 Å². The molecule has 2 aromatic rings. The number of rotatable bonds is 6. The Morgan fingerprint density at radius 3 is 2.92 bits per heavy atom. The number of nitrogens with one attached hydrogen (secondary N) is 2. The second kappa shape index (κ2) is 7.94. The summed E-state index contributed by atoms with van der Waals surface area (Å²) in [6, 6.07) is 8.34. The zero-order valence-corrected chi connectivity index (χ0v) is 15.4. The molecule has 1 aliphatic heterocycles. The van der Waals surface area contributed by atoms with Gasteiger partial charge >= 0.3 is 0 Å². The van der Waals surface area contributed by atoms with Crippen LogP contribution in [0.5, 0.6) is 0 Å². The standard InChI is InChI=1S/C18H22BrN3O2/c1-12-18(13-4-6-14(19)7-5-13)24-17(22-12)9-8-16(23)21-11-15-3-2-10-20-15/h4-7,15,20H,2-3,8-11H2,1H3,(H,21,23). The molecule has 6 heteroatoms. The molecule has 1 aromatic carbocycles. The van der Waals surface area contributed by atoms with Gasteiger partial charge in [-0.15, -0.1) is 0 Å². The molecule has 0 aliphatic carbocycles. The van der Waals surface area contributed by atoms with Crippen molar-refractivity contribution < 1.29 is 9.21 Å². The molecule has 1 amide bonds. The van der Waals surface area contributed by atoms with Crippen molar-refractivity contribution in [1.29, 1.82) is 0 Å². The van der Waals surface area contributed by atoms with Gasteiger partial charge in [-0.2, -0.15) is 0 Å². The van der Waals surface area contributed by atoms with E-state index < -0.39 is 0 Å². The number of amides is 1. The fourth-order valence-electron chi connectivity index (χ4n) is 2.91. The minimum Gasteiger partial charge on any atom is -0.440 e. The molecule has 2 heterocycles. The lowest BCUT2D eigenvalue weighted by atomic mass is 10.1. The number of nitrogens with zero attached hydrogens (tertiary/aromatic N) is 1. The summed E-state index contributed by atoms with van der Waals surface area (Å²) in [4.78, 5) is 16.4. The van der Waals surface area contributed by atoms with Gasteiger partial charge in [0, 0.05) is 35.5 Å². The van der Waals surface area contributed by atoms with Gasteiger partial charge < -0.3 is 15.1 Å². The Kier molecular flexibility index (Phi) is 5.68. The molecule has 1 atom stereocenters. The summed E-state index contributed by atoms with van der Waals surface area (Å²) in [5.41, 5.74) is 1.84. The van der Waals surface area contributed by atoms with Gasteiger partial charge in [-0.3, -0.25) is 4.79 Å². The Labute approximate surface area is 150 Å². The molecule has 0 radical (unpaired) electrons. The van der Waals surface area contributed by atoms with E-state index in [1.54, 1.807) is 0 Å². The molecule has 1 fully saturated rings. The minimum absolute atomic E-state index is 0.0461. The van der Waals surface area contributed by atoms with Crippen LogP contribution in [0.4, 0.5) is 0 Å². The topological polar surface area (TPSA) is 67.2 Å². The molecule has 128 valence electrons. The van der Waals surface area contributed by atoms with Crippen molar-refractivity contribution in [3.8, 4) is 11.3 Å². The van der Waals surface area contributed by atoms with E-state index >= 15 is 0 Å². The lowest BCUT2D eigenvalue weighted by molar-refractivity contribution is -0.121. The normalized spacial score (nSPS) is 17.2. The van der Waals surface area contributed by atoms with E-state index in [0.717, 1.165) is 34.5 Å². The molecule has 1 saturated heterocycles. The third-order valence-corrected chi connectivity index (χ3v) is 4.75. The maximum Gasteiger partial charge on any atom is 0.220 e. The highest BCUT2D eigenvalue weighted by atomic mass is 79.9. The molecule has 0 saturated carbocycles. The lowest BCUT2D eigenvalue weighted by Gasteiger charge is -2.10. The van der Waals surface area contributed by atoms with Crippen molar-refractivity contribution in [1.82, 2.24) is 15.6 Å². The molecular formula is C18H22BrN3O2. The van der Waals surface area contributed by atoms with Crippen LogP contribution in [0.3, 0.4) is 0 Å². The van der Waals surface area contributed by atoms with Crippen molar-refractivity contribution in [3.05, 3.63) is 40.3 Å². The van der Waals surface area contributed by atoms with Crippen LogP contribution in [0.1, 0.15) is 30.8 Å². The SMILES string of the molecule is Cc1nc(CCC(=O)NCC2CCCN2)oc1-c1ccc(Br)cc1. The second-order valence-electron chi connectivity index (χ2n) is 6.13. The summed E-state index contributed by atoms with van der Waals surface area (Å²) < 4.78 is 6.87. The summed E-state index contributed by atoms with van der Waals surface area (Å²) in [7, 11) is 0. The Morgan fingerprint density at radius 1 is 1.42 bits per heavy atom. The first-order valence-electron chi connectivity index (χ1n) is 8.34. The van der Waals surface area contributed by atoms with E-state index in [2.05, 4.69) is 31.5 Å². The predicted octanol–water partition coefficient (Wildman–Crippen LogP) is 3.21. The van der Waals surface area contributed by atoms with Crippen LogP contribution in [0.25, 0.3) is 11.3 Å². The van der Waals surface area contributed by atoms with Gasteiger partial charge in [-0.25, -0.2) is 4.98 Å². The molecule has 1 aliphatic rings. The number of aromatic nitrogens is 1. The number of carbonyl (C=O) groups is 1. The number of hydrogen-bond acceptors (Lipinski definition) is 4.